The van der Waals surface area contributed by atoms with Crippen LogP contribution < -0.4 is 20.7 Å². The van der Waals surface area contributed by atoms with Gasteiger partial charge in [-0.05, 0) is 46.6 Å². The number of primary amides is 1. The molecule has 2 atom stereocenters. The number of ether oxygens (including phenoxy) is 1. The number of rotatable bonds is 5. The molecular weight excluding hydrogens is 496 g/mol. The maximum atomic E-state index is 14.6. The minimum Gasteiger partial charge on any atom is -0.496 e. The van der Waals surface area contributed by atoms with Gasteiger partial charge in [-0.1, -0.05) is 6.07 Å². The number of methoxy groups -OCH3 is 1. The molecule has 2 saturated heterocycles. The van der Waals surface area contributed by atoms with Gasteiger partial charge in [0.15, 0.2) is 5.82 Å². The molecule has 3 N–H and O–H groups in total. The Labute approximate surface area is 197 Å². The number of hydrogen-bond acceptors (Lipinski definition) is 6. The molecule has 33 heavy (non-hydrogen) atoms. The zero-order valence-corrected chi connectivity index (χ0v) is 19.2. The van der Waals surface area contributed by atoms with Crippen molar-refractivity contribution < 1.29 is 18.3 Å². The molecule has 1 aromatic heterocycles. The van der Waals surface area contributed by atoms with Crippen LogP contribution in [-0.2, 0) is 0 Å². The topological polar surface area (TPSA) is 93.4 Å². The lowest BCUT2D eigenvalue weighted by molar-refractivity contribution is 0.0996. The van der Waals surface area contributed by atoms with Gasteiger partial charge < -0.3 is 20.7 Å². The highest BCUT2D eigenvalue weighted by molar-refractivity contribution is 9.10. The van der Waals surface area contributed by atoms with E-state index in [1.807, 2.05) is 0 Å². The summed E-state index contributed by atoms with van der Waals surface area (Å²) < 4.78 is 34.8. The molecule has 5 rings (SSSR count). The van der Waals surface area contributed by atoms with Crippen LogP contribution in [0.5, 0.6) is 5.75 Å². The summed E-state index contributed by atoms with van der Waals surface area (Å²) >= 11 is 3.27. The lowest BCUT2D eigenvalue weighted by Crippen LogP contribution is -2.43. The van der Waals surface area contributed by atoms with E-state index in [0.717, 1.165) is 25.2 Å². The van der Waals surface area contributed by atoms with Gasteiger partial charge >= 0.3 is 0 Å². The molecule has 2 bridgehead atoms. The van der Waals surface area contributed by atoms with Crippen molar-refractivity contribution in [2.45, 2.75) is 18.5 Å². The Hall–Kier alpha value is -3.11. The van der Waals surface area contributed by atoms with Gasteiger partial charge in [0.05, 0.1) is 17.1 Å². The second-order valence-electron chi connectivity index (χ2n) is 8.07. The predicted octanol–water partition coefficient (Wildman–Crippen LogP) is 3.51. The molecule has 170 valence electrons. The fraction of sp³-hybridized carbons (Fsp3) is 0.261. The van der Waals surface area contributed by atoms with Crippen molar-refractivity contribution in [2.75, 3.05) is 25.1 Å². The second kappa shape index (κ2) is 8.35. The Morgan fingerprint density at radius 1 is 1.27 bits per heavy atom. The van der Waals surface area contributed by atoms with E-state index in [-0.39, 0.29) is 34.4 Å². The van der Waals surface area contributed by atoms with E-state index < -0.39 is 17.5 Å². The summed E-state index contributed by atoms with van der Waals surface area (Å²) in [5.41, 5.74) is 7.02. The lowest BCUT2D eigenvalue weighted by atomic mass is 10.0. The van der Waals surface area contributed by atoms with Crippen molar-refractivity contribution in [3.05, 3.63) is 58.3 Å². The molecule has 1 amide bonds. The number of nitrogens with two attached hydrogens (primary N) is 1. The first kappa shape index (κ1) is 21.7. The molecule has 3 heterocycles. The summed E-state index contributed by atoms with van der Waals surface area (Å²) in [5, 5.41) is 3.44. The minimum atomic E-state index is -0.831. The molecule has 2 fully saturated rings. The smallest absolute Gasteiger partial charge is 0.268 e. The van der Waals surface area contributed by atoms with Crippen molar-refractivity contribution in [2.24, 2.45) is 5.73 Å². The van der Waals surface area contributed by atoms with Crippen LogP contribution in [0.2, 0.25) is 0 Å². The molecule has 10 heteroatoms. The number of anilines is 1. The lowest BCUT2D eigenvalue weighted by Gasteiger charge is -2.31. The largest absolute Gasteiger partial charge is 0.496 e. The zero-order chi connectivity index (χ0) is 23.3. The summed E-state index contributed by atoms with van der Waals surface area (Å²) in [7, 11) is 1.40. The van der Waals surface area contributed by atoms with Crippen molar-refractivity contribution in [3.8, 4) is 28.3 Å². The van der Waals surface area contributed by atoms with E-state index in [1.165, 1.54) is 31.5 Å². The van der Waals surface area contributed by atoms with Crippen LogP contribution in [0, 0.1) is 11.6 Å². The van der Waals surface area contributed by atoms with Crippen molar-refractivity contribution in [1.82, 2.24) is 15.3 Å². The molecule has 3 aromatic rings. The highest BCUT2D eigenvalue weighted by Gasteiger charge is 2.39. The van der Waals surface area contributed by atoms with Crippen LogP contribution in [0.3, 0.4) is 0 Å². The molecule has 0 saturated carbocycles. The average Bonchev–Trinajstić information content (AvgIpc) is 3.44. The van der Waals surface area contributed by atoms with Gasteiger partial charge in [-0.15, -0.1) is 0 Å². The highest BCUT2D eigenvalue weighted by atomic mass is 79.9. The molecule has 0 aliphatic carbocycles. The third-order valence-electron chi connectivity index (χ3n) is 6.14. The number of aromatic nitrogens is 2. The van der Waals surface area contributed by atoms with E-state index in [2.05, 4.69) is 36.1 Å². The second-order valence-corrected chi connectivity index (χ2v) is 8.92. The van der Waals surface area contributed by atoms with Crippen molar-refractivity contribution >= 4 is 27.5 Å². The predicted molar refractivity (Wildman–Crippen MR) is 123 cm³/mol. The molecule has 2 aliphatic heterocycles. The van der Waals surface area contributed by atoms with Gasteiger partial charge in [-0.2, -0.15) is 0 Å². The Kier molecular flexibility index (Phi) is 5.49. The highest BCUT2D eigenvalue weighted by Crippen LogP contribution is 2.41. The third kappa shape index (κ3) is 3.72. The average molecular weight is 516 g/mol. The summed E-state index contributed by atoms with van der Waals surface area (Å²) in [6, 6.07) is 7.96. The van der Waals surface area contributed by atoms with Crippen LogP contribution in [-0.4, -0.2) is 48.2 Å². The monoisotopic (exact) mass is 515 g/mol. The maximum Gasteiger partial charge on any atom is 0.268 e. The first-order chi connectivity index (χ1) is 15.9. The number of amides is 1. The van der Waals surface area contributed by atoms with Gasteiger partial charge in [0.1, 0.15) is 23.1 Å². The van der Waals surface area contributed by atoms with E-state index in [0.29, 0.717) is 16.1 Å². The van der Waals surface area contributed by atoms with Crippen molar-refractivity contribution in [1.29, 1.82) is 0 Å². The Balaban J connectivity index is 1.68. The van der Waals surface area contributed by atoms with E-state index in [1.54, 1.807) is 12.1 Å². The Bertz CT molecular complexity index is 1270. The summed E-state index contributed by atoms with van der Waals surface area (Å²) in [5.74, 6) is -1.76. The zero-order valence-electron chi connectivity index (χ0n) is 17.6. The molecule has 2 aromatic carbocycles. The van der Waals surface area contributed by atoms with Gasteiger partial charge in [-0.25, -0.2) is 18.7 Å². The fourth-order valence-corrected chi connectivity index (χ4v) is 4.96. The molecular formula is C23H20BrF2N5O2. The summed E-state index contributed by atoms with van der Waals surface area (Å²) in [6.45, 7) is 1.58. The summed E-state index contributed by atoms with van der Waals surface area (Å²) in [4.78, 5) is 23.2. The first-order valence-corrected chi connectivity index (χ1v) is 11.2. The van der Waals surface area contributed by atoms with Gasteiger partial charge in [0, 0.05) is 48.2 Å². The number of carbonyl (C=O) groups is 1. The van der Waals surface area contributed by atoms with Crippen LogP contribution in [0.1, 0.15) is 16.9 Å². The quantitative estimate of drug-likeness (QED) is 0.540. The van der Waals surface area contributed by atoms with Crippen LogP contribution in [0.15, 0.2) is 41.0 Å². The Morgan fingerprint density at radius 3 is 2.76 bits per heavy atom. The normalized spacial score (nSPS) is 19.2. The number of benzene rings is 2. The number of piperazine rings is 1. The number of fused-ring (bicyclic) bond motifs is 2. The van der Waals surface area contributed by atoms with E-state index in [4.69, 9.17) is 10.5 Å². The molecule has 2 aliphatic rings. The summed E-state index contributed by atoms with van der Waals surface area (Å²) in [6.07, 6.45) is 2.37. The maximum absolute atomic E-state index is 14.6. The van der Waals surface area contributed by atoms with Crippen LogP contribution in [0.25, 0.3) is 22.5 Å². The third-order valence-corrected chi connectivity index (χ3v) is 6.74. The first-order valence-electron chi connectivity index (χ1n) is 10.4. The number of hydrogen-bond donors (Lipinski definition) is 2. The minimum absolute atomic E-state index is 0.0131. The van der Waals surface area contributed by atoms with Gasteiger partial charge in [0.2, 0.25) is 0 Å². The fourth-order valence-electron chi connectivity index (χ4n) is 4.62. The van der Waals surface area contributed by atoms with E-state index >= 15 is 0 Å². The number of carbonyl (C=O) groups excluding carboxylic acids is 1. The number of halogens is 3. The van der Waals surface area contributed by atoms with Crippen LogP contribution >= 0.6 is 15.9 Å². The molecule has 0 unspecified atom stereocenters. The van der Waals surface area contributed by atoms with Gasteiger partial charge in [0.25, 0.3) is 5.91 Å². The van der Waals surface area contributed by atoms with Crippen molar-refractivity contribution in [3.63, 3.8) is 0 Å². The molecule has 0 radical (unpaired) electrons. The standard InChI is InChI=1S/C23H20BrF2N5O2/c1-33-19-4-2-3-16(25)20(19)23-29-9-14(21(30-23)22(27)32)13-6-17(26)15(24)7-18(13)31-10-11-5-12(31)8-28-11/h2-4,6-7,9,11-12,28H,5,8,10H2,1H3,(H2,27,32)/t11-,12-/m0/s1. The van der Waals surface area contributed by atoms with Gasteiger partial charge in [-0.3, -0.25) is 4.79 Å². The SMILES string of the molecule is COc1cccc(F)c1-c1ncc(-c2cc(F)c(Br)cc2N2C[C@@H]3C[C@H]2CN3)c(C(N)=O)n1. The number of nitrogens with zero attached hydrogens (tertiary/aromatic N) is 3. The Morgan fingerprint density at radius 2 is 2.09 bits per heavy atom. The number of nitrogens with one attached hydrogen (secondary N) is 1. The molecule has 7 nitrogen and oxygen atoms in total. The molecule has 0 spiro atoms. The van der Waals surface area contributed by atoms with Crippen LogP contribution in [0.4, 0.5) is 14.5 Å². The van der Waals surface area contributed by atoms with E-state index in [9.17, 15) is 13.6 Å².